The number of likely N-dealkylation sites (tertiary alicyclic amines) is 1. The monoisotopic (exact) mass is 325 g/mol. The summed E-state index contributed by atoms with van der Waals surface area (Å²) in [5, 5.41) is 3.66. The van der Waals surface area contributed by atoms with Crippen LogP contribution < -0.4 is 11.1 Å². The Balaban J connectivity index is 1.48. The molecule has 22 heavy (non-hydrogen) atoms. The van der Waals surface area contributed by atoms with Crippen molar-refractivity contribution in [3.63, 3.8) is 0 Å². The fourth-order valence-electron chi connectivity index (χ4n) is 3.70. The van der Waals surface area contributed by atoms with Crippen molar-refractivity contribution >= 4 is 17.3 Å². The van der Waals surface area contributed by atoms with Crippen molar-refractivity contribution in [1.82, 2.24) is 4.90 Å². The summed E-state index contributed by atoms with van der Waals surface area (Å²) < 4.78 is 13.2. The van der Waals surface area contributed by atoms with Crippen molar-refractivity contribution in [1.29, 1.82) is 0 Å². The molecule has 2 aliphatic rings. The van der Waals surface area contributed by atoms with Crippen molar-refractivity contribution in [2.75, 3.05) is 18.4 Å². The van der Waals surface area contributed by atoms with Gasteiger partial charge < -0.3 is 16.0 Å². The maximum atomic E-state index is 13.2. The first-order chi connectivity index (χ1) is 10.6. The van der Waals surface area contributed by atoms with E-state index in [1.54, 1.807) is 12.1 Å². The van der Waals surface area contributed by atoms with Gasteiger partial charge in [0.05, 0.1) is 5.02 Å². The summed E-state index contributed by atoms with van der Waals surface area (Å²) in [6.45, 7) is 2.26. The number of nitrogens with two attached hydrogens (primary N) is 1. The van der Waals surface area contributed by atoms with Gasteiger partial charge >= 0.3 is 0 Å². The van der Waals surface area contributed by atoms with E-state index in [0.717, 1.165) is 50.5 Å². The van der Waals surface area contributed by atoms with E-state index >= 15 is 0 Å². The molecule has 1 saturated heterocycles. The minimum atomic E-state index is -0.363. The molecular weight excluding hydrogens is 301 g/mol. The van der Waals surface area contributed by atoms with Crippen molar-refractivity contribution < 1.29 is 4.39 Å². The lowest BCUT2D eigenvalue weighted by molar-refractivity contribution is 0.121. The summed E-state index contributed by atoms with van der Waals surface area (Å²) in [5.41, 5.74) is 6.90. The van der Waals surface area contributed by atoms with E-state index in [1.165, 1.54) is 18.9 Å². The molecule has 1 aliphatic heterocycles. The molecule has 1 aromatic carbocycles. The summed E-state index contributed by atoms with van der Waals surface area (Å²) in [6, 6.07) is 6.44. The standard InChI is InChI=1S/C17H25ClFN3/c18-16-11-14(3-6-17(16)19)21-13-7-9-22(10-8-13)15-4-1-12(20)2-5-15/h3,6,11-13,15,21H,1-2,4-5,7-10,20H2. The zero-order valence-electron chi connectivity index (χ0n) is 12.9. The second-order valence-electron chi connectivity index (χ2n) is 6.65. The summed E-state index contributed by atoms with van der Waals surface area (Å²) in [7, 11) is 0. The van der Waals surface area contributed by atoms with Crippen molar-refractivity contribution in [2.45, 2.75) is 56.7 Å². The first-order valence-corrected chi connectivity index (χ1v) is 8.71. The molecule has 0 bridgehead atoms. The summed E-state index contributed by atoms with van der Waals surface area (Å²) >= 11 is 5.83. The number of nitrogens with one attached hydrogen (secondary N) is 1. The third kappa shape index (κ3) is 3.92. The highest BCUT2D eigenvalue weighted by molar-refractivity contribution is 6.31. The van der Waals surface area contributed by atoms with Crippen LogP contribution in [0, 0.1) is 5.82 Å². The van der Waals surface area contributed by atoms with Crippen molar-refractivity contribution in [2.24, 2.45) is 5.73 Å². The predicted molar refractivity (Wildman–Crippen MR) is 89.9 cm³/mol. The molecule has 3 rings (SSSR count). The molecule has 3 N–H and O–H groups in total. The van der Waals surface area contributed by atoms with Gasteiger partial charge in [-0.2, -0.15) is 0 Å². The third-order valence-electron chi connectivity index (χ3n) is 5.08. The number of anilines is 1. The van der Waals surface area contributed by atoms with Crippen molar-refractivity contribution in [3.8, 4) is 0 Å². The Morgan fingerprint density at radius 2 is 1.77 bits per heavy atom. The van der Waals surface area contributed by atoms with Crippen LogP contribution in [0.3, 0.4) is 0 Å². The Bertz CT molecular complexity index is 495. The molecule has 0 spiro atoms. The summed E-state index contributed by atoms with van der Waals surface area (Å²) in [5.74, 6) is -0.363. The zero-order valence-corrected chi connectivity index (χ0v) is 13.7. The Morgan fingerprint density at radius 1 is 1.09 bits per heavy atom. The van der Waals surface area contributed by atoms with Gasteiger partial charge in [-0.15, -0.1) is 0 Å². The van der Waals surface area contributed by atoms with Gasteiger partial charge in [0.2, 0.25) is 0 Å². The molecule has 0 unspecified atom stereocenters. The Kier molecular flexibility index (Phi) is 5.21. The van der Waals surface area contributed by atoms with Gasteiger partial charge in [0.25, 0.3) is 0 Å². The molecule has 3 nitrogen and oxygen atoms in total. The third-order valence-corrected chi connectivity index (χ3v) is 5.37. The number of nitrogens with zero attached hydrogens (tertiary/aromatic N) is 1. The van der Waals surface area contributed by atoms with E-state index in [0.29, 0.717) is 12.1 Å². The molecular formula is C17H25ClFN3. The number of hydrogen-bond donors (Lipinski definition) is 2. The quantitative estimate of drug-likeness (QED) is 0.891. The Morgan fingerprint density at radius 3 is 2.41 bits per heavy atom. The van der Waals surface area contributed by atoms with Crippen LogP contribution >= 0.6 is 11.6 Å². The average Bonchev–Trinajstić information content (AvgIpc) is 2.53. The normalized spacial score (nSPS) is 27.8. The molecule has 1 aliphatic carbocycles. The lowest BCUT2D eigenvalue weighted by Crippen LogP contribution is -2.47. The van der Waals surface area contributed by atoms with E-state index in [4.69, 9.17) is 17.3 Å². The van der Waals surface area contributed by atoms with Crippen LogP contribution in [0.5, 0.6) is 0 Å². The van der Waals surface area contributed by atoms with Gasteiger partial charge in [-0.1, -0.05) is 11.6 Å². The van der Waals surface area contributed by atoms with Gasteiger partial charge in [0.1, 0.15) is 5.82 Å². The number of rotatable bonds is 3. The maximum Gasteiger partial charge on any atom is 0.141 e. The molecule has 0 radical (unpaired) electrons. The van der Waals surface area contributed by atoms with Crippen LogP contribution in [0.2, 0.25) is 5.02 Å². The largest absolute Gasteiger partial charge is 0.382 e. The minimum absolute atomic E-state index is 0.181. The van der Waals surface area contributed by atoms with Gasteiger partial charge in [-0.25, -0.2) is 4.39 Å². The van der Waals surface area contributed by atoms with Crippen LogP contribution in [-0.2, 0) is 0 Å². The van der Waals surface area contributed by atoms with E-state index in [2.05, 4.69) is 10.2 Å². The van der Waals surface area contributed by atoms with E-state index in [-0.39, 0.29) is 10.8 Å². The second kappa shape index (κ2) is 7.16. The van der Waals surface area contributed by atoms with Crippen LogP contribution in [0.25, 0.3) is 0 Å². The van der Waals surface area contributed by atoms with E-state index in [9.17, 15) is 4.39 Å². The second-order valence-corrected chi connectivity index (χ2v) is 7.06. The fourth-order valence-corrected chi connectivity index (χ4v) is 3.88. The summed E-state index contributed by atoms with van der Waals surface area (Å²) in [4.78, 5) is 2.63. The maximum absolute atomic E-state index is 13.2. The number of piperidine rings is 1. The highest BCUT2D eigenvalue weighted by Gasteiger charge is 2.27. The lowest BCUT2D eigenvalue weighted by Gasteiger charge is -2.40. The molecule has 0 atom stereocenters. The number of halogens is 2. The molecule has 0 aromatic heterocycles. The molecule has 2 fully saturated rings. The van der Waals surface area contributed by atoms with Gasteiger partial charge in [0, 0.05) is 36.9 Å². The van der Waals surface area contributed by atoms with E-state index in [1.807, 2.05) is 0 Å². The molecule has 5 heteroatoms. The average molecular weight is 326 g/mol. The summed E-state index contributed by atoms with van der Waals surface area (Å²) in [6.07, 6.45) is 7.06. The SMILES string of the molecule is NC1CCC(N2CCC(Nc3ccc(F)c(Cl)c3)CC2)CC1. The van der Waals surface area contributed by atoms with Crippen LogP contribution in [-0.4, -0.2) is 36.1 Å². The van der Waals surface area contributed by atoms with Crippen LogP contribution in [0.4, 0.5) is 10.1 Å². The van der Waals surface area contributed by atoms with Crippen molar-refractivity contribution in [3.05, 3.63) is 29.0 Å². The molecule has 0 amide bonds. The lowest BCUT2D eigenvalue weighted by atomic mass is 9.89. The van der Waals surface area contributed by atoms with Crippen LogP contribution in [0.1, 0.15) is 38.5 Å². The smallest absolute Gasteiger partial charge is 0.141 e. The highest BCUT2D eigenvalue weighted by Crippen LogP contribution is 2.27. The predicted octanol–water partition coefficient (Wildman–Crippen LogP) is 3.63. The van der Waals surface area contributed by atoms with Gasteiger partial charge in [-0.3, -0.25) is 0 Å². The molecule has 122 valence electrons. The number of benzene rings is 1. The highest BCUT2D eigenvalue weighted by atomic mass is 35.5. The Labute approximate surface area is 137 Å². The van der Waals surface area contributed by atoms with E-state index < -0.39 is 0 Å². The first kappa shape index (κ1) is 16.0. The van der Waals surface area contributed by atoms with Gasteiger partial charge in [-0.05, 0) is 56.7 Å². The zero-order chi connectivity index (χ0) is 15.5. The fraction of sp³-hybridized carbons (Fsp3) is 0.647. The molecule has 1 aromatic rings. The first-order valence-electron chi connectivity index (χ1n) is 8.33. The Hall–Kier alpha value is -0.840. The minimum Gasteiger partial charge on any atom is -0.382 e. The van der Waals surface area contributed by atoms with Crippen LogP contribution in [0.15, 0.2) is 18.2 Å². The molecule has 1 heterocycles. The topological polar surface area (TPSA) is 41.3 Å². The van der Waals surface area contributed by atoms with Gasteiger partial charge in [0.15, 0.2) is 0 Å². The number of hydrogen-bond acceptors (Lipinski definition) is 3. The molecule has 1 saturated carbocycles.